The number of nitrogens with zero attached hydrogens (tertiary/aromatic N) is 1. The topological polar surface area (TPSA) is 58.6 Å². The highest BCUT2D eigenvalue weighted by molar-refractivity contribution is 6.46. The molecule has 0 aliphatic carbocycles. The molecule has 0 saturated heterocycles. The van der Waals surface area contributed by atoms with Crippen molar-refractivity contribution in [3.8, 4) is 5.75 Å². The van der Waals surface area contributed by atoms with Gasteiger partial charge in [-0.05, 0) is 42.0 Å². The van der Waals surface area contributed by atoms with E-state index in [1.807, 2.05) is 0 Å². The van der Waals surface area contributed by atoms with Gasteiger partial charge in [-0.2, -0.15) is 0 Å². The highest BCUT2D eigenvalue weighted by atomic mass is 19.2. The summed E-state index contributed by atoms with van der Waals surface area (Å²) < 4.78 is 45.5. The van der Waals surface area contributed by atoms with Gasteiger partial charge in [0.05, 0.1) is 18.4 Å². The van der Waals surface area contributed by atoms with E-state index in [-0.39, 0.29) is 28.2 Å². The first-order valence-electron chi connectivity index (χ1n) is 9.14. The van der Waals surface area contributed by atoms with Crippen LogP contribution in [-0.2, 0) is 9.59 Å². The standard InChI is InChI=1S/C23H15F3N2O3/c1-31-17-4-2-3-16(12-17)28-22(29)20(13-5-7-14(24)8-6-13)21(23(28)30)27-15-9-10-18(25)19(26)11-15/h2-12,27H,1H3. The molecule has 3 aromatic carbocycles. The Morgan fingerprint density at radius 2 is 1.58 bits per heavy atom. The minimum absolute atomic E-state index is 0.0300. The average Bonchev–Trinajstić information content (AvgIpc) is 3.01. The van der Waals surface area contributed by atoms with Gasteiger partial charge in [0.15, 0.2) is 11.6 Å². The third kappa shape index (κ3) is 3.75. The Labute approximate surface area is 175 Å². The number of methoxy groups -OCH3 is 1. The summed E-state index contributed by atoms with van der Waals surface area (Å²) in [7, 11) is 1.45. The Kier molecular flexibility index (Phi) is 5.21. The van der Waals surface area contributed by atoms with Crippen LogP contribution in [0.15, 0.2) is 72.4 Å². The van der Waals surface area contributed by atoms with Gasteiger partial charge in [-0.3, -0.25) is 9.59 Å². The SMILES string of the molecule is COc1cccc(N2C(=O)C(Nc3ccc(F)c(F)c3)=C(c3ccc(F)cc3)C2=O)c1. The van der Waals surface area contributed by atoms with Crippen LogP contribution in [0.2, 0.25) is 0 Å². The fourth-order valence-corrected chi connectivity index (χ4v) is 3.23. The number of hydrogen-bond acceptors (Lipinski definition) is 4. The number of rotatable bonds is 5. The van der Waals surface area contributed by atoms with Crippen LogP contribution in [0.25, 0.3) is 5.57 Å². The molecule has 0 fully saturated rings. The molecule has 0 saturated carbocycles. The molecular formula is C23H15F3N2O3. The predicted molar refractivity (Wildman–Crippen MR) is 109 cm³/mol. The van der Waals surface area contributed by atoms with Crippen molar-refractivity contribution in [1.82, 2.24) is 0 Å². The van der Waals surface area contributed by atoms with Crippen LogP contribution < -0.4 is 15.0 Å². The zero-order chi connectivity index (χ0) is 22.1. The third-order valence-corrected chi connectivity index (χ3v) is 4.72. The monoisotopic (exact) mass is 424 g/mol. The summed E-state index contributed by atoms with van der Waals surface area (Å²) in [6.07, 6.45) is 0. The summed E-state index contributed by atoms with van der Waals surface area (Å²) in [6.45, 7) is 0. The van der Waals surface area contributed by atoms with Crippen LogP contribution in [0.5, 0.6) is 5.75 Å². The number of hydrogen-bond donors (Lipinski definition) is 1. The third-order valence-electron chi connectivity index (χ3n) is 4.72. The molecule has 0 aromatic heterocycles. The first-order chi connectivity index (χ1) is 14.9. The van der Waals surface area contributed by atoms with Gasteiger partial charge >= 0.3 is 0 Å². The molecule has 1 heterocycles. The number of imide groups is 1. The minimum Gasteiger partial charge on any atom is -0.497 e. The lowest BCUT2D eigenvalue weighted by atomic mass is 10.0. The van der Waals surface area contributed by atoms with E-state index in [0.717, 1.165) is 29.2 Å². The van der Waals surface area contributed by atoms with E-state index in [0.29, 0.717) is 5.75 Å². The summed E-state index contributed by atoms with van der Waals surface area (Å²) in [4.78, 5) is 27.4. The Bertz CT molecular complexity index is 1220. The molecule has 156 valence electrons. The van der Waals surface area contributed by atoms with Crippen LogP contribution in [0.4, 0.5) is 24.5 Å². The molecular weight excluding hydrogens is 409 g/mol. The number of ether oxygens (including phenoxy) is 1. The molecule has 1 N–H and O–H groups in total. The fourth-order valence-electron chi connectivity index (χ4n) is 3.23. The summed E-state index contributed by atoms with van der Waals surface area (Å²) in [5.74, 6) is -3.61. The molecule has 0 unspecified atom stereocenters. The lowest BCUT2D eigenvalue weighted by Gasteiger charge is -2.16. The Morgan fingerprint density at radius 1 is 0.839 bits per heavy atom. The Hall–Kier alpha value is -4.07. The highest BCUT2D eigenvalue weighted by Crippen LogP contribution is 2.35. The molecule has 0 atom stereocenters. The summed E-state index contributed by atoms with van der Waals surface area (Å²) in [5.41, 5.74) is 0.441. The first-order valence-corrected chi connectivity index (χ1v) is 9.14. The second kappa shape index (κ2) is 7.98. The van der Waals surface area contributed by atoms with E-state index in [1.165, 1.54) is 31.4 Å². The zero-order valence-corrected chi connectivity index (χ0v) is 16.2. The lowest BCUT2D eigenvalue weighted by Crippen LogP contribution is -2.32. The minimum atomic E-state index is -1.12. The number of carbonyl (C=O) groups is 2. The molecule has 5 nitrogen and oxygen atoms in total. The molecule has 4 rings (SSSR count). The van der Waals surface area contributed by atoms with Crippen LogP contribution in [0, 0.1) is 17.5 Å². The van der Waals surface area contributed by atoms with E-state index in [1.54, 1.807) is 18.2 Å². The van der Waals surface area contributed by atoms with Crippen molar-refractivity contribution >= 4 is 28.8 Å². The van der Waals surface area contributed by atoms with E-state index >= 15 is 0 Å². The van der Waals surface area contributed by atoms with Gasteiger partial charge < -0.3 is 10.1 Å². The van der Waals surface area contributed by atoms with Gasteiger partial charge in [0, 0.05) is 17.8 Å². The van der Waals surface area contributed by atoms with Gasteiger partial charge in [0.1, 0.15) is 17.3 Å². The fraction of sp³-hybridized carbons (Fsp3) is 0.0435. The maximum atomic E-state index is 13.7. The highest BCUT2D eigenvalue weighted by Gasteiger charge is 2.40. The average molecular weight is 424 g/mol. The van der Waals surface area contributed by atoms with Gasteiger partial charge in [-0.15, -0.1) is 0 Å². The van der Waals surface area contributed by atoms with Crippen LogP contribution in [0.1, 0.15) is 5.56 Å². The van der Waals surface area contributed by atoms with Gasteiger partial charge in [-0.25, -0.2) is 18.1 Å². The lowest BCUT2D eigenvalue weighted by molar-refractivity contribution is -0.120. The van der Waals surface area contributed by atoms with Crippen molar-refractivity contribution in [3.05, 3.63) is 95.4 Å². The number of nitrogens with one attached hydrogen (secondary N) is 1. The zero-order valence-electron chi connectivity index (χ0n) is 16.2. The van der Waals surface area contributed by atoms with Crippen LogP contribution in [0.3, 0.4) is 0 Å². The number of carbonyl (C=O) groups excluding carboxylic acids is 2. The molecule has 0 radical (unpaired) electrons. The number of benzene rings is 3. The maximum Gasteiger partial charge on any atom is 0.282 e. The van der Waals surface area contributed by atoms with Crippen molar-refractivity contribution in [2.45, 2.75) is 0 Å². The summed E-state index contributed by atoms with van der Waals surface area (Å²) in [5, 5.41) is 2.72. The van der Waals surface area contributed by atoms with E-state index < -0.39 is 29.3 Å². The summed E-state index contributed by atoms with van der Waals surface area (Å²) in [6, 6.07) is 14.4. The van der Waals surface area contributed by atoms with E-state index in [9.17, 15) is 22.8 Å². The molecule has 2 amide bonds. The molecule has 1 aliphatic heterocycles. The van der Waals surface area contributed by atoms with Gasteiger partial charge in [0.2, 0.25) is 0 Å². The molecule has 0 bridgehead atoms. The number of halogens is 3. The quantitative estimate of drug-likeness (QED) is 0.613. The number of amides is 2. The first kappa shape index (κ1) is 20.2. The van der Waals surface area contributed by atoms with Crippen LogP contribution in [-0.4, -0.2) is 18.9 Å². The van der Waals surface area contributed by atoms with Crippen molar-refractivity contribution in [3.63, 3.8) is 0 Å². The molecule has 8 heteroatoms. The van der Waals surface area contributed by atoms with Crippen molar-refractivity contribution in [1.29, 1.82) is 0 Å². The summed E-state index contributed by atoms with van der Waals surface area (Å²) >= 11 is 0. The maximum absolute atomic E-state index is 13.7. The van der Waals surface area contributed by atoms with E-state index in [2.05, 4.69) is 5.32 Å². The van der Waals surface area contributed by atoms with Crippen molar-refractivity contribution in [2.75, 3.05) is 17.3 Å². The van der Waals surface area contributed by atoms with Crippen molar-refractivity contribution in [2.24, 2.45) is 0 Å². The molecule has 1 aliphatic rings. The molecule has 3 aromatic rings. The Morgan fingerprint density at radius 3 is 2.26 bits per heavy atom. The van der Waals surface area contributed by atoms with Gasteiger partial charge in [-0.1, -0.05) is 18.2 Å². The molecule has 31 heavy (non-hydrogen) atoms. The molecule has 0 spiro atoms. The normalized spacial score (nSPS) is 13.7. The smallest absolute Gasteiger partial charge is 0.282 e. The second-order valence-electron chi connectivity index (χ2n) is 6.66. The Balaban J connectivity index is 1.82. The van der Waals surface area contributed by atoms with Crippen LogP contribution >= 0.6 is 0 Å². The van der Waals surface area contributed by atoms with E-state index in [4.69, 9.17) is 4.74 Å². The number of anilines is 2. The van der Waals surface area contributed by atoms with Crippen molar-refractivity contribution < 1.29 is 27.5 Å². The second-order valence-corrected chi connectivity index (χ2v) is 6.66. The predicted octanol–water partition coefficient (Wildman–Crippen LogP) is 4.51. The van der Waals surface area contributed by atoms with Gasteiger partial charge in [0.25, 0.3) is 11.8 Å². The largest absolute Gasteiger partial charge is 0.497 e.